The molecule has 2 fully saturated rings. The molecule has 2 aromatic carbocycles. The number of benzene rings is 2. The second-order valence-electron chi connectivity index (χ2n) is 11.1. The Labute approximate surface area is 244 Å². The normalized spacial score (nSPS) is 21.6. The topological polar surface area (TPSA) is 142 Å². The number of tetrazole rings is 1. The molecule has 2 saturated heterocycles. The van der Waals surface area contributed by atoms with Crippen LogP contribution in [0.25, 0.3) is 11.4 Å². The molecule has 5 rings (SSSR count). The van der Waals surface area contributed by atoms with E-state index < -0.39 is 28.0 Å². The highest BCUT2D eigenvalue weighted by molar-refractivity contribution is 7.88. The van der Waals surface area contributed by atoms with Crippen molar-refractivity contribution in [1.29, 1.82) is 0 Å². The highest BCUT2D eigenvalue weighted by Crippen LogP contribution is 2.27. The summed E-state index contributed by atoms with van der Waals surface area (Å²) < 4.78 is 41.0. The summed E-state index contributed by atoms with van der Waals surface area (Å²) in [6.45, 7) is 1.29. The average molecular weight is 599 g/mol. The lowest BCUT2D eigenvalue weighted by Gasteiger charge is -2.41. The predicted octanol–water partition coefficient (Wildman–Crippen LogP) is 2.27. The quantitative estimate of drug-likeness (QED) is 0.425. The van der Waals surface area contributed by atoms with Gasteiger partial charge in [0.15, 0.2) is 5.82 Å². The van der Waals surface area contributed by atoms with Crippen LogP contribution < -0.4 is 10.6 Å². The zero-order valence-electron chi connectivity index (χ0n) is 23.6. The zero-order valence-corrected chi connectivity index (χ0v) is 24.4. The van der Waals surface area contributed by atoms with Gasteiger partial charge in [0.2, 0.25) is 15.9 Å². The largest absolute Gasteiger partial charge is 0.342 e. The molecule has 3 atom stereocenters. The highest BCUT2D eigenvalue weighted by atomic mass is 32.2. The van der Waals surface area contributed by atoms with E-state index in [1.165, 1.54) is 21.1 Å². The number of rotatable bonds is 7. The van der Waals surface area contributed by atoms with Gasteiger partial charge in [-0.1, -0.05) is 24.3 Å². The van der Waals surface area contributed by atoms with E-state index in [2.05, 4.69) is 26.2 Å². The van der Waals surface area contributed by atoms with Crippen LogP contribution in [0.4, 0.5) is 14.9 Å². The van der Waals surface area contributed by atoms with Gasteiger partial charge in [-0.2, -0.15) is 0 Å². The number of anilines is 1. The third-order valence-corrected chi connectivity index (χ3v) is 9.21. The number of hydrogen-bond donors (Lipinski definition) is 2. The molecule has 0 unspecified atom stereocenters. The van der Waals surface area contributed by atoms with Crippen LogP contribution in [0.2, 0.25) is 0 Å². The summed E-state index contributed by atoms with van der Waals surface area (Å²) >= 11 is 0. The van der Waals surface area contributed by atoms with Crippen molar-refractivity contribution >= 4 is 27.6 Å². The van der Waals surface area contributed by atoms with Gasteiger partial charge < -0.3 is 15.5 Å². The number of nitrogens with one attached hydrogen (secondary N) is 2. The smallest absolute Gasteiger partial charge is 0.319 e. The molecule has 0 radical (unpaired) electrons. The minimum Gasteiger partial charge on any atom is -0.342 e. The molecule has 3 amide bonds. The van der Waals surface area contributed by atoms with Crippen molar-refractivity contribution < 1.29 is 22.4 Å². The number of piperidine rings is 2. The van der Waals surface area contributed by atoms with Crippen LogP contribution in [0.15, 0.2) is 48.5 Å². The highest BCUT2D eigenvalue weighted by Gasteiger charge is 2.41. The standard InChI is InChI=1S/C28H35FN8O4S/c1-35-26(32-33-34-35)21-6-3-7-23(16-21)30-28(39)31-25-12-14-37(42(2,40)41)18-24(25)27(38)36-13-4-5-20(17-36)15-19-8-10-22(29)11-9-19/h3,6-11,16,20,24-25H,4-5,12-15,17-18H2,1-2H3,(H2,30,31,39)/t20-,24-,25+/m0/s1. The lowest BCUT2D eigenvalue weighted by molar-refractivity contribution is -0.139. The number of aromatic nitrogens is 4. The number of nitrogens with zero attached hydrogens (tertiary/aromatic N) is 6. The van der Waals surface area contributed by atoms with E-state index in [1.54, 1.807) is 42.3 Å². The zero-order chi connectivity index (χ0) is 29.9. The van der Waals surface area contributed by atoms with E-state index in [0.29, 0.717) is 31.0 Å². The fraction of sp³-hybridized carbons (Fsp3) is 0.464. The van der Waals surface area contributed by atoms with Crippen LogP contribution in [-0.4, -0.2) is 88.2 Å². The van der Waals surface area contributed by atoms with Gasteiger partial charge in [-0.15, -0.1) is 5.10 Å². The number of aryl methyl sites for hydroxylation is 1. The Morgan fingerprint density at radius 3 is 2.57 bits per heavy atom. The van der Waals surface area contributed by atoms with Gasteiger partial charge in [0.1, 0.15) is 5.82 Å². The van der Waals surface area contributed by atoms with Crippen LogP contribution in [-0.2, 0) is 28.3 Å². The molecular weight excluding hydrogens is 563 g/mol. The van der Waals surface area contributed by atoms with Crippen molar-refractivity contribution in [2.75, 3.05) is 37.8 Å². The Morgan fingerprint density at radius 2 is 1.86 bits per heavy atom. The molecular formula is C28H35FN8O4S. The van der Waals surface area contributed by atoms with Crippen LogP contribution >= 0.6 is 0 Å². The second kappa shape index (κ2) is 12.5. The summed E-state index contributed by atoms with van der Waals surface area (Å²) in [4.78, 5) is 28.8. The number of hydrogen-bond acceptors (Lipinski definition) is 7. The average Bonchev–Trinajstić information content (AvgIpc) is 3.39. The minimum atomic E-state index is -3.52. The van der Waals surface area contributed by atoms with Crippen molar-refractivity contribution in [3.63, 3.8) is 0 Å². The maximum atomic E-state index is 13.9. The van der Waals surface area contributed by atoms with E-state index in [9.17, 15) is 22.4 Å². The van der Waals surface area contributed by atoms with E-state index >= 15 is 0 Å². The summed E-state index contributed by atoms with van der Waals surface area (Å²) in [5.41, 5.74) is 2.24. The van der Waals surface area contributed by atoms with E-state index in [0.717, 1.165) is 36.6 Å². The number of halogens is 1. The Morgan fingerprint density at radius 1 is 1.07 bits per heavy atom. The monoisotopic (exact) mass is 598 g/mol. The van der Waals surface area contributed by atoms with E-state index in [-0.39, 0.29) is 30.7 Å². The summed E-state index contributed by atoms with van der Waals surface area (Å²) in [5, 5.41) is 17.2. The summed E-state index contributed by atoms with van der Waals surface area (Å²) in [6.07, 6.45) is 3.91. The van der Waals surface area contributed by atoms with Gasteiger partial charge in [0, 0.05) is 50.5 Å². The predicted molar refractivity (Wildman–Crippen MR) is 154 cm³/mol. The first-order valence-corrected chi connectivity index (χ1v) is 15.8. The van der Waals surface area contributed by atoms with Crippen molar-refractivity contribution in [3.05, 3.63) is 59.9 Å². The first-order chi connectivity index (χ1) is 20.1. The van der Waals surface area contributed by atoms with Gasteiger partial charge in [-0.05, 0) is 71.9 Å². The summed E-state index contributed by atoms with van der Waals surface area (Å²) in [7, 11) is -1.81. The van der Waals surface area contributed by atoms with Gasteiger partial charge >= 0.3 is 6.03 Å². The lowest BCUT2D eigenvalue weighted by atomic mass is 9.88. The van der Waals surface area contributed by atoms with Gasteiger partial charge in [-0.3, -0.25) is 4.79 Å². The van der Waals surface area contributed by atoms with Crippen LogP contribution in [0, 0.1) is 17.7 Å². The first-order valence-electron chi connectivity index (χ1n) is 14.0. The van der Waals surface area contributed by atoms with Gasteiger partial charge in [0.05, 0.1) is 12.2 Å². The summed E-state index contributed by atoms with van der Waals surface area (Å²) in [5.74, 6) is -0.454. The number of sulfonamides is 1. The fourth-order valence-corrected chi connectivity index (χ4v) is 6.68. The molecule has 42 heavy (non-hydrogen) atoms. The Bertz CT molecular complexity index is 1530. The minimum absolute atomic E-state index is 0.00359. The Hall–Kier alpha value is -3.91. The number of carbonyl (C=O) groups excluding carboxylic acids is 2. The third-order valence-electron chi connectivity index (χ3n) is 7.95. The van der Waals surface area contributed by atoms with Crippen molar-refractivity contribution in [3.8, 4) is 11.4 Å². The van der Waals surface area contributed by atoms with E-state index in [4.69, 9.17) is 0 Å². The molecule has 2 aliphatic heterocycles. The maximum absolute atomic E-state index is 13.9. The van der Waals surface area contributed by atoms with Crippen molar-refractivity contribution in [2.45, 2.75) is 31.7 Å². The first kappa shape index (κ1) is 29.6. The number of urea groups is 1. The third kappa shape index (κ3) is 7.10. The molecule has 0 spiro atoms. The molecule has 2 aliphatic rings. The van der Waals surface area contributed by atoms with Crippen LogP contribution in [0.3, 0.4) is 0 Å². The van der Waals surface area contributed by atoms with E-state index in [1.807, 2.05) is 6.07 Å². The molecule has 224 valence electrons. The second-order valence-corrected chi connectivity index (χ2v) is 13.0. The number of likely N-dealkylation sites (tertiary alicyclic amines) is 1. The van der Waals surface area contributed by atoms with Gasteiger partial charge in [-0.25, -0.2) is 26.6 Å². The molecule has 12 nitrogen and oxygen atoms in total. The Balaban J connectivity index is 1.27. The molecule has 3 aromatic rings. The van der Waals surface area contributed by atoms with Crippen molar-refractivity contribution in [2.24, 2.45) is 18.9 Å². The fourth-order valence-electron chi connectivity index (χ4n) is 5.81. The molecule has 1 aromatic heterocycles. The molecule has 14 heteroatoms. The van der Waals surface area contributed by atoms with Crippen LogP contribution in [0.5, 0.6) is 0 Å². The lowest BCUT2D eigenvalue weighted by Crippen LogP contribution is -2.58. The SMILES string of the molecule is Cn1nnnc1-c1cccc(NC(=O)N[C@@H]2CCN(S(C)(=O)=O)C[C@@H]2C(=O)N2CCC[C@@H](Cc3ccc(F)cc3)C2)c1. The molecule has 0 saturated carbocycles. The molecule has 2 N–H and O–H groups in total. The molecule has 0 bridgehead atoms. The molecule has 3 heterocycles. The number of carbonyl (C=O) groups is 2. The molecule has 0 aliphatic carbocycles. The Kier molecular flexibility index (Phi) is 8.82. The summed E-state index contributed by atoms with van der Waals surface area (Å²) in [6, 6.07) is 12.4. The number of amides is 3. The van der Waals surface area contributed by atoms with Crippen LogP contribution in [0.1, 0.15) is 24.8 Å². The van der Waals surface area contributed by atoms with Crippen molar-refractivity contribution in [1.82, 2.24) is 34.7 Å². The van der Waals surface area contributed by atoms with Gasteiger partial charge in [0.25, 0.3) is 0 Å². The maximum Gasteiger partial charge on any atom is 0.319 e.